The van der Waals surface area contributed by atoms with Crippen LogP contribution >= 0.6 is 0 Å². The summed E-state index contributed by atoms with van der Waals surface area (Å²) in [6.07, 6.45) is 2.37. The van der Waals surface area contributed by atoms with Crippen molar-refractivity contribution in [2.75, 3.05) is 26.2 Å². The van der Waals surface area contributed by atoms with Crippen LogP contribution in [-0.4, -0.2) is 42.9 Å². The molecule has 1 heterocycles. The first kappa shape index (κ1) is 19.1. The molecule has 1 aliphatic heterocycles. The molecule has 2 aromatic rings. The molecule has 2 amide bonds. The summed E-state index contributed by atoms with van der Waals surface area (Å²) in [5, 5.41) is 2.84. The van der Waals surface area contributed by atoms with Gasteiger partial charge in [-0.25, -0.2) is 0 Å². The summed E-state index contributed by atoms with van der Waals surface area (Å²) in [6.45, 7) is 2.06. The maximum atomic E-state index is 13.2. The molecule has 3 N–H and O–H groups in total. The van der Waals surface area contributed by atoms with Crippen molar-refractivity contribution in [1.82, 2.24) is 10.2 Å². The summed E-state index contributed by atoms with van der Waals surface area (Å²) in [6, 6.07) is 17.9. The van der Waals surface area contributed by atoms with Crippen molar-refractivity contribution >= 4 is 11.8 Å². The minimum Gasteiger partial charge on any atom is -0.355 e. The Kier molecular flexibility index (Phi) is 6.60. The standard InChI is InChI=1S/C22H27N3O2/c23-12-13-24-21(26)19-10-6-14-25(16-19)22(27)20-11-5-4-9-18(20)15-17-7-2-1-3-8-17/h1-5,7-9,11,19H,6,10,12-16,23H2,(H,24,26). The van der Waals surface area contributed by atoms with Gasteiger partial charge in [0.25, 0.3) is 5.91 Å². The van der Waals surface area contributed by atoms with Crippen molar-refractivity contribution in [2.45, 2.75) is 19.3 Å². The van der Waals surface area contributed by atoms with Crippen LogP contribution in [-0.2, 0) is 11.2 Å². The van der Waals surface area contributed by atoms with Crippen molar-refractivity contribution < 1.29 is 9.59 Å². The molecule has 1 unspecified atom stereocenters. The first-order valence-corrected chi connectivity index (χ1v) is 9.58. The fraction of sp³-hybridized carbons (Fsp3) is 0.364. The van der Waals surface area contributed by atoms with Gasteiger partial charge >= 0.3 is 0 Å². The van der Waals surface area contributed by atoms with Crippen LogP contribution in [0.1, 0.15) is 34.3 Å². The Hall–Kier alpha value is -2.66. The van der Waals surface area contributed by atoms with Crippen molar-refractivity contribution in [3.05, 3.63) is 71.3 Å². The highest BCUT2D eigenvalue weighted by molar-refractivity contribution is 5.96. The van der Waals surface area contributed by atoms with Crippen LogP contribution in [0.3, 0.4) is 0 Å². The molecule has 142 valence electrons. The third-order valence-corrected chi connectivity index (χ3v) is 5.01. The molecule has 1 aliphatic rings. The second-order valence-electron chi connectivity index (χ2n) is 6.99. The van der Waals surface area contributed by atoms with Crippen molar-refractivity contribution in [3.8, 4) is 0 Å². The number of benzene rings is 2. The van der Waals surface area contributed by atoms with Crippen molar-refractivity contribution in [1.29, 1.82) is 0 Å². The molecule has 0 bridgehead atoms. The monoisotopic (exact) mass is 365 g/mol. The molecule has 1 saturated heterocycles. The summed E-state index contributed by atoms with van der Waals surface area (Å²) in [5.74, 6) is -0.149. The lowest BCUT2D eigenvalue weighted by molar-refractivity contribution is -0.126. The van der Waals surface area contributed by atoms with Crippen LogP contribution in [0.25, 0.3) is 0 Å². The van der Waals surface area contributed by atoms with Crippen molar-refractivity contribution in [2.24, 2.45) is 11.7 Å². The average Bonchev–Trinajstić information content (AvgIpc) is 2.73. The van der Waals surface area contributed by atoms with Gasteiger partial charge in [0.2, 0.25) is 5.91 Å². The first-order chi connectivity index (χ1) is 13.2. The zero-order valence-electron chi connectivity index (χ0n) is 15.6. The first-order valence-electron chi connectivity index (χ1n) is 9.58. The number of carbonyl (C=O) groups excluding carboxylic acids is 2. The number of piperidine rings is 1. The van der Waals surface area contributed by atoms with Gasteiger partial charge in [0.05, 0.1) is 5.92 Å². The lowest BCUT2D eigenvalue weighted by Crippen LogP contribution is -2.46. The Bertz CT molecular complexity index is 776. The molecule has 0 aliphatic carbocycles. The smallest absolute Gasteiger partial charge is 0.254 e. The second kappa shape index (κ2) is 9.33. The molecule has 2 aromatic carbocycles. The third kappa shape index (κ3) is 4.95. The van der Waals surface area contributed by atoms with Gasteiger partial charge in [-0.1, -0.05) is 48.5 Å². The summed E-state index contributed by atoms with van der Waals surface area (Å²) < 4.78 is 0. The fourth-order valence-electron chi connectivity index (χ4n) is 3.58. The average molecular weight is 365 g/mol. The van der Waals surface area contributed by atoms with Crippen LogP contribution < -0.4 is 11.1 Å². The predicted octanol–water partition coefficient (Wildman–Crippen LogP) is 2.20. The summed E-state index contributed by atoms with van der Waals surface area (Å²) in [5.41, 5.74) is 8.38. The van der Waals surface area contributed by atoms with Gasteiger partial charge in [-0.2, -0.15) is 0 Å². The van der Waals surface area contributed by atoms with E-state index < -0.39 is 0 Å². The van der Waals surface area contributed by atoms with Crippen LogP contribution in [0.4, 0.5) is 0 Å². The Balaban J connectivity index is 1.73. The number of hydrogen-bond donors (Lipinski definition) is 2. The van der Waals surface area contributed by atoms with Crippen LogP contribution in [0.5, 0.6) is 0 Å². The van der Waals surface area contributed by atoms with E-state index in [0.29, 0.717) is 26.2 Å². The molecular formula is C22H27N3O2. The van der Waals surface area contributed by atoms with E-state index in [0.717, 1.165) is 30.4 Å². The van der Waals surface area contributed by atoms with Gasteiger partial charge in [0.15, 0.2) is 0 Å². The number of carbonyl (C=O) groups is 2. The molecule has 1 atom stereocenters. The maximum absolute atomic E-state index is 13.2. The van der Waals surface area contributed by atoms with E-state index in [1.54, 1.807) is 0 Å². The molecule has 5 heteroatoms. The topological polar surface area (TPSA) is 75.4 Å². The van der Waals surface area contributed by atoms with E-state index in [1.165, 1.54) is 5.56 Å². The highest BCUT2D eigenvalue weighted by Gasteiger charge is 2.29. The summed E-state index contributed by atoms with van der Waals surface area (Å²) in [7, 11) is 0. The number of rotatable bonds is 6. The van der Waals surface area contributed by atoms with Gasteiger partial charge in [0, 0.05) is 31.7 Å². The fourth-order valence-corrected chi connectivity index (χ4v) is 3.58. The highest BCUT2D eigenvalue weighted by atomic mass is 16.2. The van der Waals surface area contributed by atoms with Crippen LogP contribution in [0.15, 0.2) is 54.6 Å². The van der Waals surface area contributed by atoms with E-state index in [-0.39, 0.29) is 17.7 Å². The molecular weight excluding hydrogens is 338 g/mol. The SMILES string of the molecule is NCCNC(=O)C1CCCN(C(=O)c2ccccc2Cc2ccccc2)C1. The summed E-state index contributed by atoms with van der Waals surface area (Å²) >= 11 is 0. The number of nitrogens with one attached hydrogen (secondary N) is 1. The third-order valence-electron chi connectivity index (χ3n) is 5.01. The second-order valence-corrected chi connectivity index (χ2v) is 6.99. The van der Waals surface area contributed by atoms with Gasteiger partial charge in [0.1, 0.15) is 0 Å². The number of likely N-dealkylation sites (tertiary alicyclic amines) is 1. The molecule has 5 nitrogen and oxygen atoms in total. The Labute approximate surface area is 160 Å². The van der Waals surface area contributed by atoms with Crippen LogP contribution in [0.2, 0.25) is 0 Å². The lowest BCUT2D eigenvalue weighted by atomic mass is 9.94. The molecule has 3 rings (SSSR count). The lowest BCUT2D eigenvalue weighted by Gasteiger charge is -2.32. The quantitative estimate of drug-likeness (QED) is 0.824. The van der Waals surface area contributed by atoms with E-state index in [1.807, 2.05) is 47.4 Å². The zero-order valence-corrected chi connectivity index (χ0v) is 15.6. The number of nitrogens with two attached hydrogens (primary N) is 1. The van der Waals surface area contributed by atoms with E-state index in [4.69, 9.17) is 5.73 Å². The van der Waals surface area contributed by atoms with Gasteiger partial charge < -0.3 is 16.0 Å². The molecule has 0 saturated carbocycles. The summed E-state index contributed by atoms with van der Waals surface area (Å²) in [4.78, 5) is 27.3. The predicted molar refractivity (Wildman–Crippen MR) is 106 cm³/mol. The largest absolute Gasteiger partial charge is 0.355 e. The Morgan fingerprint density at radius 1 is 1.07 bits per heavy atom. The van der Waals surface area contributed by atoms with Crippen molar-refractivity contribution in [3.63, 3.8) is 0 Å². The molecule has 27 heavy (non-hydrogen) atoms. The minimum atomic E-state index is -0.157. The number of nitrogens with zero attached hydrogens (tertiary/aromatic N) is 1. The van der Waals surface area contributed by atoms with Gasteiger partial charge in [-0.3, -0.25) is 9.59 Å². The highest BCUT2D eigenvalue weighted by Crippen LogP contribution is 2.22. The van der Waals surface area contributed by atoms with E-state index in [2.05, 4.69) is 17.4 Å². The van der Waals surface area contributed by atoms with Gasteiger partial charge in [-0.15, -0.1) is 0 Å². The minimum absolute atomic E-state index is 0.00415. The van der Waals surface area contributed by atoms with E-state index >= 15 is 0 Å². The van der Waals surface area contributed by atoms with Gasteiger partial charge in [-0.05, 0) is 36.5 Å². The molecule has 0 radical (unpaired) electrons. The molecule has 1 fully saturated rings. The normalized spacial score (nSPS) is 16.8. The Morgan fingerprint density at radius 3 is 2.59 bits per heavy atom. The zero-order chi connectivity index (χ0) is 19.1. The van der Waals surface area contributed by atoms with E-state index in [9.17, 15) is 9.59 Å². The number of amides is 2. The maximum Gasteiger partial charge on any atom is 0.254 e. The number of hydrogen-bond acceptors (Lipinski definition) is 3. The Morgan fingerprint density at radius 2 is 1.81 bits per heavy atom. The molecule has 0 spiro atoms. The van der Waals surface area contributed by atoms with Crippen LogP contribution in [0, 0.1) is 5.92 Å². The molecule has 0 aromatic heterocycles.